The molecule has 1 rings (SSSR count). The lowest BCUT2D eigenvalue weighted by Crippen LogP contribution is -2.38. The molecule has 0 aliphatic heterocycles. The predicted octanol–water partition coefficient (Wildman–Crippen LogP) is 3.79. The SMILES string of the molecule is CC(=O)C1(Cl)CCC(C(C)(C)C)CC1. The lowest BCUT2D eigenvalue weighted by atomic mass is 9.69. The smallest absolute Gasteiger partial charge is 0.150 e. The van der Waals surface area contributed by atoms with E-state index in [1.807, 2.05) is 0 Å². The second kappa shape index (κ2) is 3.84. The van der Waals surface area contributed by atoms with Crippen molar-refractivity contribution in [2.45, 2.75) is 58.3 Å². The zero-order chi connectivity index (χ0) is 11.0. The van der Waals surface area contributed by atoms with E-state index < -0.39 is 4.87 Å². The first-order valence-electron chi connectivity index (χ1n) is 5.46. The standard InChI is InChI=1S/C12H21ClO/c1-9(14)12(13)7-5-10(6-8-12)11(2,3)4/h10H,5-8H2,1-4H3. The molecule has 82 valence electrons. The van der Waals surface area contributed by atoms with Crippen molar-refractivity contribution in [2.75, 3.05) is 0 Å². The molecule has 0 aromatic carbocycles. The van der Waals surface area contributed by atoms with Crippen molar-refractivity contribution < 1.29 is 4.79 Å². The van der Waals surface area contributed by atoms with E-state index in [0.29, 0.717) is 11.3 Å². The number of rotatable bonds is 1. The quantitative estimate of drug-likeness (QED) is 0.610. The number of ketones is 1. The van der Waals surface area contributed by atoms with Gasteiger partial charge in [-0.25, -0.2) is 0 Å². The third kappa shape index (κ3) is 2.50. The summed E-state index contributed by atoms with van der Waals surface area (Å²) in [5.41, 5.74) is 0.356. The highest BCUT2D eigenvalue weighted by Gasteiger charge is 2.40. The summed E-state index contributed by atoms with van der Waals surface area (Å²) in [5, 5.41) is 0. The Hall–Kier alpha value is -0.0400. The summed E-state index contributed by atoms with van der Waals surface area (Å²) < 4.78 is 0. The molecule has 1 aliphatic rings. The summed E-state index contributed by atoms with van der Waals surface area (Å²) >= 11 is 6.28. The second-order valence-electron chi connectivity index (χ2n) is 5.66. The topological polar surface area (TPSA) is 17.1 Å². The van der Waals surface area contributed by atoms with Gasteiger partial charge in [-0.15, -0.1) is 11.6 Å². The lowest BCUT2D eigenvalue weighted by molar-refractivity contribution is -0.120. The van der Waals surface area contributed by atoms with Crippen molar-refractivity contribution in [3.05, 3.63) is 0 Å². The fraction of sp³-hybridized carbons (Fsp3) is 0.917. The van der Waals surface area contributed by atoms with Gasteiger partial charge in [0.05, 0.1) is 0 Å². The van der Waals surface area contributed by atoms with E-state index in [-0.39, 0.29) is 5.78 Å². The third-order valence-corrected chi connectivity index (χ3v) is 4.28. The van der Waals surface area contributed by atoms with E-state index in [9.17, 15) is 4.79 Å². The largest absolute Gasteiger partial charge is 0.298 e. The number of hydrogen-bond donors (Lipinski definition) is 0. The Kier molecular flexibility index (Phi) is 3.30. The monoisotopic (exact) mass is 216 g/mol. The van der Waals surface area contributed by atoms with Crippen molar-refractivity contribution in [1.29, 1.82) is 0 Å². The van der Waals surface area contributed by atoms with Crippen molar-refractivity contribution >= 4 is 17.4 Å². The van der Waals surface area contributed by atoms with Gasteiger partial charge in [-0.1, -0.05) is 20.8 Å². The molecule has 0 heterocycles. The molecule has 0 radical (unpaired) electrons. The molecule has 0 aromatic rings. The maximum Gasteiger partial charge on any atom is 0.150 e. The molecule has 1 saturated carbocycles. The average molecular weight is 217 g/mol. The van der Waals surface area contributed by atoms with Gasteiger partial charge in [-0.2, -0.15) is 0 Å². The van der Waals surface area contributed by atoms with Crippen molar-refractivity contribution in [3.8, 4) is 0 Å². The Balaban J connectivity index is 2.59. The molecule has 0 bridgehead atoms. The van der Waals surface area contributed by atoms with Crippen LogP contribution < -0.4 is 0 Å². The number of carbonyl (C=O) groups is 1. The number of hydrogen-bond acceptors (Lipinski definition) is 1. The molecule has 14 heavy (non-hydrogen) atoms. The highest BCUT2D eigenvalue weighted by molar-refractivity contribution is 6.34. The summed E-state index contributed by atoms with van der Waals surface area (Å²) in [6, 6.07) is 0. The van der Waals surface area contributed by atoms with E-state index in [2.05, 4.69) is 20.8 Å². The fourth-order valence-corrected chi connectivity index (χ4v) is 2.51. The average Bonchev–Trinajstić information content (AvgIpc) is 2.03. The van der Waals surface area contributed by atoms with Gasteiger partial charge < -0.3 is 0 Å². The molecular formula is C12H21ClO. The van der Waals surface area contributed by atoms with Crippen LogP contribution in [0.15, 0.2) is 0 Å². The van der Waals surface area contributed by atoms with Crippen LogP contribution in [0.4, 0.5) is 0 Å². The van der Waals surface area contributed by atoms with Gasteiger partial charge in [-0.3, -0.25) is 4.79 Å². The molecule has 0 saturated heterocycles. The predicted molar refractivity (Wildman–Crippen MR) is 60.7 cm³/mol. The third-order valence-electron chi connectivity index (χ3n) is 3.63. The van der Waals surface area contributed by atoms with Crippen LogP contribution in [0.25, 0.3) is 0 Å². The zero-order valence-corrected chi connectivity index (χ0v) is 10.4. The molecule has 1 nitrogen and oxygen atoms in total. The highest BCUT2D eigenvalue weighted by atomic mass is 35.5. The first-order chi connectivity index (χ1) is 6.26. The fourth-order valence-electron chi connectivity index (χ4n) is 2.29. The Morgan fingerprint density at radius 1 is 1.29 bits per heavy atom. The summed E-state index contributed by atoms with van der Waals surface area (Å²) in [4.78, 5) is 10.8. The van der Waals surface area contributed by atoms with E-state index in [4.69, 9.17) is 11.6 Å². The molecule has 0 unspecified atom stereocenters. The normalized spacial score (nSPS) is 34.2. The first-order valence-corrected chi connectivity index (χ1v) is 5.83. The minimum absolute atomic E-state index is 0.145. The maximum atomic E-state index is 11.3. The lowest BCUT2D eigenvalue weighted by Gasteiger charge is -2.39. The Labute approximate surface area is 92.2 Å². The van der Waals surface area contributed by atoms with Crippen molar-refractivity contribution in [1.82, 2.24) is 0 Å². The summed E-state index contributed by atoms with van der Waals surface area (Å²) in [5.74, 6) is 0.861. The number of alkyl halides is 1. The summed E-state index contributed by atoms with van der Waals surface area (Å²) in [6.07, 6.45) is 3.89. The van der Waals surface area contributed by atoms with Gasteiger partial charge in [0.1, 0.15) is 4.87 Å². The molecule has 0 amide bonds. The van der Waals surface area contributed by atoms with Crippen LogP contribution in [-0.2, 0) is 4.79 Å². The van der Waals surface area contributed by atoms with Crippen LogP contribution in [0, 0.1) is 11.3 Å². The number of halogens is 1. The Morgan fingerprint density at radius 3 is 2.00 bits per heavy atom. The zero-order valence-electron chi connectivity index (χ0n) is 9.69. The Bertz CT molecular complexity index is 219. The van der Waals surface area contributed by atoms with Crippen LogP contribution in [0.2, 0.25) is 0 Å². The van der Waals surface area contributed by atoms with Gasteiger partial charge in [0.15, 0.2) is 5.78 Å². The molecule has 0 aromatic heterocycles. The second-order valence-corrected chi connectivity index (χ2v) is 6.39. The van der Waals surface area contributed by atoms with Crippen molar-refractivity contribution in [2.24, 2.45) is 11.3 Å². The van der Waals surface area contributed by atoms with Gasteiger partial charge in [-0.05, 0) is 43.9 Å². The summed E-state index contributed by atoms with van der Waals surface area (Å²) in [6.45, 7) is 8.43. The molecule has 1 aliphatic carbocycles. The van der Waals surface area contributed by atoms with Crippen LogP contribution in [0.3, 0.4) is 0 Å². The van der Waals surface area contributed by atoms with E-state index in [0.717, 1.165) is 25.7 Å². The molecule has 0 N–H and O–H groups in total. The van der Waals surface area contributed by atoms with E-state index >= 15 is 0 Å². The maximum absolute atomic E-state index is 11.3. The molecule has 1 fully saturated rings. The first kappa shape index (κ1) is 12.0. The minimum Gasteiger partial charge on any atom is -0.298 e. The van der Waals surface area contributed by atoms with Gasteiger partial charge >= 0.3 is 0 Å². The molecule has 0 atom stereocenters. The van der Waals surface area contributed by atoms with Gasteiger partial charge in [0.2, 0.25) is 0 Å². The van der Waals surface area contributed by atoms with Gasteiger partial charge in [0, 0.05) is 0 Å². The van der Waals surface area contributed by atoms with Gasteiger partial charge in [0.25, 0.3) is 0 Å². The number of carbonyl (C=O) groups excluding carboxylic acids is 1. The molecule has 0 spiro atoms. The van der Waals surface area contributed by atoms with Crippen LogP contribution in [0.1, 0.15) is 53.4 Å². The molecular weight excluding hydrogens is 196 g/mol. The summed E-state index contributed by atoms with van der Waals surface area (Å²) in [7, 11) is 0. The van der Waals surface area contributed by atoms with Crippen LogP contribution >= 0.6 is 11.6 Å². The van der Waals surface area contributed by atoms with Crippen LogP contribution in [-0.4, -0.2) is 10.7 Å². The highest BCUT2D eigenvalue weighted by Crippen LogP contribution is 2.44. The molecule has 2 heteroatoms. The van der Waals surface area contributed by atoms with E-state index in [1.54, 1.807) is 6.92 Å². The number of Topliss-reactive ketones (excluding diaryl/α,β-unsaturated/α-hetero) is 1. The van der Waals surface area contributed by atoms with Crippen molar-refractivity contribution in [3.63, 3.8) is 0 Å². The van der Waals surface area contributed by atoms with Crippen LogP contribution in [0.5, 0.6) is 0 Å². The minimum atomic E-state index is -0.540. The van der Waals surface area contributed by atoms with E-state index in [1.165, 1.54) is 0 Å². The Morgan fingerprint density at radius 2 is 1.71 bits per heavy atom.